The molecule has 1 amide bonds. The van der Waals surface area contributed by atoms with Crippen LogP contribution in [0, 0.1) is 0 Å². The van der Waals surface area contributed by atoms with E-state index in [1.165, 1.54) is 5.56 Å². The summed E-state index contributed by atoms with van der Waals surface area (Å²) in [6, 6.07) is 28.2. The van der Waals surface area contributed by atoms with Gasteiger partial charge in [0.2, 0.25) is 5.91 Å². The van der Waals surface area contributed by atoms with Gasteiger partial charge in [-0.2, -0.15) is 0 Å². The second-order valence-electron chi connectivity index (χ2n) is 6.41. The number of aromatic nitrogens is 1. The molecule has 3 nitrogen and oxygen atoms in total. The van der Waals surface area contributed by atoms with Crippen LogP contribution < -0.4 is 4.90 Å². The zero-order chi connectivity index (χ0) is 18.5. The van der Waals surface area contributed by atoms with E-state index in [0.29, 0.717) is 13.0 Å². The molecule has 4 heteroatoms. The first-order chi connectivity index (χ1) is 13.3. The van der Waals surface area contributed by atoms with Gasteiger partial charge < -0.3 is 0 Å². The summed E-state index contributed by atoms with van der Waals surface area (Å²) >= 11 is 1.57. The highest BCUT2D eigenvalue weighted by Gasteiger charge is 2.20. The Hall–Kier alpha value is -2.98. The van der Waals surface area contributed by atoms with Crippen LogP contribution in [0.4, 0.5) is 5.13 Å². The molecule has 0 saturated carbocycles. The summed E-state index contributed by atoms with van der Waals surface area (Å²) in [7, 11) is 0. The van der Waals surface area contributed by atoms with Crippen molar-refractivity contribution in [2.45, 2.75) is 12.8 Å². The number of rotatable bonds is 6. The van der Waals surface area contributed by atoms with E-state index in [-0.39, 0.29) is 5.91 Å². The molecule has 0 N–H and O–H groups in total. The van der Waals surface area contributed by atoms with Gasteiger partial charge in [-0.1, -0.05) is 84.1 Å². The van der Waals surface area contributed by atoms with Crippen molar-refractivity contribution in [3.63, 3.8) is 0 Å². The van der Waals surface area contributed by atoms with Crippen molar-refractivity contribution in [2.24, 2.45) is 0 Å². The van der Waals surface area contributed by atoms with E-state index in [0.717, 1.165) is 27.3 Å². The predicted octanol–water partition coefficient (Wildman–Crippen LogP) is 5.11. The van der Waals surface area contributed by atoms with Gasteiger partial charge in [0.25, 0.3) is 0 Å². The molecule has 3 aromatic carbocycles. The van der Waals surface area contributed by atoms with Gasteiger partial charge in [-0.15, -0.1) is 0 Å². The van der Waals surface area contributed by atoms with Crippen molar-refractivity contribution in [3.8, 4) is 0 Å². The maximum Gasteiger partial charge on any atom is 0.233 e. The molecule has 0 aliphatic rings. The minimum atomic E-state index is 0.0798. The van der Waals surface area contributed by atoms with Gasteiger partial charge in [0.1, 0.15) is 0 Å². The fourth-order valence-corrected chi connectivity index (χ4v) is 4.06. The van der Waals surface area contributed by atoms with Crippen molar-refractivity contribution in [2.75, 3.05) is 11.4 Å². The average molecular weight is 372 g/mol. The summed E-state index contributed by atoms with van der Waals surface area (Å²) in [5.74, 6) is 0.0798. The molecule has 0 atom stereocenters. The summed E-state index contributed by atoms with van der Waals surface area (Å²) in [6.07, 6.45) is 1.18. The highest BCUT2D eigenvalue weighted by atomic mass is 32.1. The van der Waals surface area contributed by atoms with Gasteiger partial charge in [-0.25, -0.2) is 4.98 Å². The van der Waals surface area contributed by atoms with Gasteiger partial charge in [0.05, 0.1) is 16.6 Å². The number of benzene rings is 3. The third-order valence-corrected chi connectivity index (χ3v) is 5.54. The quantitative estimate of drug-likeness (QED) is 0.471. The summed E-state index contributed by atoms with van der Waals surface area (Å²) < 4.78 is 1.10. The van der Waals surface area contributed by atoms with E-state index in [2.05, 4.69) is 12.1 Å². The van der Waals surface area contributed by atoms with Gasteiger partial charge in [0.15, 0.2) is 5.13 Å². The maximum absolute atomic E-state index is 13.1. The van der Waals surface area contributed by atoms with Crippen LogP contribution in [-0.4, -0.2) is 17.4 Å². The number of anilines is 1. The molecule has 0 saturated heterocycles. The zero-order valence-electron chi connectivity index (χ0n) is 14.9. The number of hydrogen-bond acceptors (Lipinski definition) is 3. The standard InChI is InChI=1S/C23H20N2OS/c26-22(17-19-11-5-2-6-12-19)25(16-15-18-9-3-1-4-10-18)23-24-20-13-7-8-14-21(20)27-23/h1-14H,15-17H2. The van der Waals surface area contributed by atoms with Crippen LogP contribution in [0.3, 0.4) is 0 Å². The fraction of sp³-hybridized carbons (Fsp3) is 0.130. The van der Waals surface area contributed by atoms with E-state index in [9.17, 15) is 4.79 Å². The number of nitrogens with zero attached hydrogens (tertiary/aromatic N) is 2. The van der Waals surface area contributed by atoms with Crippen molar-refractivity contribution in [3.05, 3.63) is 96.1 Å². The Labute approximate surface area is 162 Å². The molecular formula is C23H20N2OS. The molecule has 4 aromatic rings. The molecule has 0 aliphatic heterocycles. The smallest absolute Gasteiger partial charge is 0.233 e. The number of thiazole rings is 1. The van der Waals surface area contributed by atoms with Crippen LogP contribution in [0.5, 0.6) is 0 Å². The SMILES string of the molecule is O=C(Cc1ccccc1)N(CCc1ccccc1)c1nc2ccccc2s1. The van der Waals surface area contributed by atoms with Gasteiger partial charge >= 0.3 is 0 Å². The Kier molecular flexibility index (Phi) is 5.26. The summed E-state index contributed by atoms with van der Waals surface area (Å²) in [4.78, 5) is 19.7. The Bertz CT molecular complexity index is 995. The molecule has 4 rings (SSSR count). The monoisotopic (exact) mass is 372 g/mol. The largest absolute Gasteiger partial charge is 0.287 e. The maximum atomic E-state index is 13.1. The van der Waals surface area contributed by atoms with Gasteiger partial charge in [-0.3, -0.25) is 9.69 Å². The fourth-order valence-electron chi connectivity index (χ4n) is 3.05. The molecule has 0 unspecified atom stereocenters. The Balaban J connectivity index is 1.60. The van der Waals surface area contributed by atoms with E-state index >= 15 is 0 Å². The average Bonchev–Trinajstić information content (AvgIpc) is 3.13. The van der Waals surface area contributed by atoms with Crippen LogP contribution in [0.15, 0.2) is 84.9 Å². The number of hydrogen-bond donors (Lipinski definition) is 0. The zero-order valence-corrected chi connectivity index (χ0v) is 15.7. The molecule has 134 valence electrons. The summed E-state index contributed by atoms with van der Waals surface area (Å²) in [5.41, 5.74) is 3.18. The normalized spacial score (nSPS) is 10.8. The minimum Gasteiger partial charge on any atom is -0.287 e. The molecule has 27 heavy (non-hydrogen) atoms. The molecule has 0 spiro atoms. The summed E-state index contributed by atoms with van der Waals surface area (Å²) in [5, 5.41) is 0.771. The first kappa shape index (κ1) is 17.4. The Morgan fingerprint density at radius 3 is 2.15 bits per heavy atom. The van der Waals surface area contributed by atoms with E-state index in [1.54, 1.807) is 11.3 Å². The van der Waals surface area contributed by atoms with Crippen molar-refractivity contribution in [1.29, 1.82) is 0 Å². The van der Waals surface area contributed by atoms with Crippen LogP contribution in [-0.2, 0) is 17.6 Å². The third-order valence-electron chi connectivity index (χ3n) is 4.48. The number of fused-ring (bicyclic) bond motifs is 1. The molecule has 0 bridgehead atoms. The number of amides is 1. The lowest BCUT2D eigenvalue weighted by Crippen LogP contribution is -2.34. The van der Waals surface area contributed by atoms with Crippen molar-refractivity contribution in [1.82, 2.24) is 4.98 Å². The van der Waals surface area contributed by atoms with E-state index < -0.39 is 0 Å². The van der Waals surface area contributed by atoms with Crippen molar-refractivity contribution >= 4 is 32.6 Å². The van der Waals surface area contributed by atoms with Crippen LogP contribution in [0.2, 0.25) is 0 Å². The van der Waals surface area contributed by atoms with E-state index in [4.69, 9.17) is 4.98 Å². The Morgan fingerprint density at radius 1 is 0.815 bits per heavy atom. The molecule has 0 fully saturated rings. The first-order valence-corrected chi connectivity index (χ1v) is 9.85. The number of carbonyl (C=O) groups excluding carboxylic acids is 1. The highest BCUT2D eigenvalue weighted by Crippen LogP contribution is 2.29. The van der Waals surface area contributed by atoms with Crippen LogP contribution >= 0.6 is 11.3 Å². The molecule has 0 radical (unpaired) electrons. The topological polar surface area (TPSA) is 33.2 Å². The third kappa shape index (κ3) is 4.23. The second-order valence-corrected chi connectivity index (χ2v) is 7.42. The minimum absolute atomic E-state index is 0.0798. The van der Waals surface area contributed by atoms with Crippen LogP contribution in [0.1, 0.15) is 11.1 Å². The molecule has 0 aliphatic carbocycles. The van der Waals surface area contributed by atoms with Crippen molar-refractivity contribution < 1.29 is 4.79 Å². The van der Waals surface area contributed by atoms with Gasteiger partial charge in [-0.05, 0) is 29.7 Å². The highest BCUT2D eigenvalue weighted by molar-refractivity contribution is 7.22. The predicted molar refractivity (Wildman–Crippen MR) is 112 cm³/mol. The summed E-state index contributed by atoms with van der Waals surface area (Å²) in [6.45, 7) is 0.621. The van der Waals surface area contributed by atoms with E-state index in [1.807, 2.05) is 77.7 Å². The first-order valence-electron chi connectivity index (χ1n) is 9.03. The second kappa shape index (κ2) is 8.14. The Morgan fingerprint density at radius 2 is 1.44 bits per heavy atom. The lowest BCUT2D eigenvalue weighted by molar-refractivity contribution is -0.118. The van der Waals surface area contributed by atoms with Gasteiger partial charge in [0, 0.05) is 6.54 Å². The lowest BCUT2D eigenvalue weighted by atomic mass is 10.1. The number of carbonyl (C=O) groups is 1. The lowest BCUT2D eigenvalue weighted by Gasteiger charge is -2.20. The molecular weight excluding hydrogens is 352 g/mol. The molecule has 1 aromatic heterocycles. The molecule has 1 heterocycles. The number of para-hydroxylation sites is 1. The van der Waals surface area contributed by atoms with Crippen LogP contribution in [0.25, 0.3) is 10.2 Å².